The largest absolute Gasteiger partial charge is 0.316 e. The van der Waals surface area contributed by atoms with Gasteiger partial charge >= 0.3 is 0 Å². The number of hydrogen-bond acceptors (Lipinski definition) is 2. The first-order valence-corrected chi connectivity index (χ1v) is 8.18. The van der Waals surface area contributed by atoms with Crippen molar-refractivity contribution in [1.29, 1.82) is 0 Å². The highest BCUT2D eigenvalue weighted by molar-refractivity contribution is 7.99. The molecule has 16 heavy (non-hydrogen) atoms. The van der Waals surface area contributed by atoms with E-state index in [9.17, 15) is 0 Å². The molecule has 0 spiro atoms. The Bertz CT molecular complexity index is 166. The highest BCUT2D eigenvalue weighted by atomic mass is 32.2. The molecule has 1 rings (SSSR count). The maximum Gasteiger partial charge on any atom is 0.0183 e. The molecular weight excluding hydrogens is 214 g/mol. The third-order valence-corrected chi connectivity index (χ3v) is 5.39. The van der Waals surface area contributed by atoms with E-state index in [1.807, 2.05) is 0 Å². The van der Waals surface area contributed by atoms with Gasteiger partial charge < -0.3 is 5.32 Å². The highest BCUT2D eigenvalue weighted by Gasteiger charge is 2.22. The van der Waals surface area contributed by atoms with Crippen LogP contribution in [-0.2, 0) is 0 Å². The fraction of sp³-hybridized carbons (Fsp3) is 1.00. The van der Waals surface area contributed by atoms with Crippen molar-refractivity contribution < 1.29 is 0 Å². The van der Waals surface area contributed by atoms with Crippen LogP contribution in [0.3, 0.4) is 0 Å². The molecule has 96 valence electrons. The number of thioether (sulfide) groups is 1. The van der Waals surface area contributed by atoms with Gasteiger partial charge in [-0.1, -0.05) is 39.5 Å². The number of rotatable bonds is 7. The quantitative estimate of drug-likeness (QED) is 0.727. The van der Waals surface area contributed by atoms with Gasteiger partial charge in [-0.2, -0.15) is 11.8 Å². The van der Waals surface area contributed by atoms with E-state index >= 15 is 0 Å². The van der Waals surface area contributed by atoms with E-state index in [2.05, 4.69) is 38.0 Å². The van der Waals surface area contributed by atoms with Crippen molar-refractivity contribution in [3.05, 3.63) is 0 Å². The fourth-order valence-corrected chi connectivity index (χ4v) is 3.97. The minimum Gasteiger partial charge on any atom is -0.316 e. The average molecular weight is 243 g/mol. The van der Waals surface area contributed by atoms with Crippen LogP contribution >= 0.6 is 11.8 Å². The van der Waals surface area contributed by atoms with Crippen LogP contribution in [0.25, 0.3) is 0 Å². The van der Waals surface area contributed by atoms with Crippen molar-refractivity contribution in [2.45, 2.75) is 58.4 Å². The molecule has 1 saturated carbocycles. The summed E-state index contributed by atoms with van der Waals surface area (Å²) in [6, 6.07) is 0.759. The Morgan fingerprint density at radius 3 is 2.44 bits per heavy atom. The Morgan fingerprint density at radius 2 is 1.88 bits per heavy atom. The Labute approximate surface area is 106 Å². The molecule has 2 unspecified atom stereocenters. The summed E-state index contributed by atoms with van der Waals surface area (Å²) < 4.78 is 0. The lowest BCUT2D eigenvalue weighted by Crippen LogP contribution is -2.37. The predicted molar refractivity (Wildman–Crippen MR) is 76.2 cm³/mol. The highest BCUT2D eigenvalue weighted by Crippen LogP contribution is 2.28. The van der Waals surface area contributed by atoms with E-state index in [0.29, 0.717) is 0 Å². The van der Waals surface area contributed by atoms with Gasteiger partial charge in [-0.25, -0.2) is 0 Å². The molecule has 0 radical (unpaired) electrons. The molecule has 0 bridgehead atoms. The van der Waals surface area contributed by atoms with Gasteiger partial charge in [-0.3, -0.25) is 0 Å². The Hall–Kier alpha value is 0.310. The van der Waals surface area contributed by atoms with E-state index < -0.39 is 0 Å². The van der Waals surface area contributed by atoms with Crippen molar-refractivity contribution in [2.24, 2.45) is 11.8 Å². The third kappa shape index (κ3) is 5.09. The second kappa shape index (κ2) is 8.41. The molecule has 0 aromatic heterocycles. The summed E-state index contributed by atoms with van der Waals surface area (Å²) in [6.07, 6.45) is 8.61. The molecule has 1 nitrogen and oxygen atoms in total. The maximum absolute atomic E-state index is 3.54. The van der Waals surface area contributed by atoms with E-state index in [4.69, 9.17) is 0 Å². The molecule has 0 aliphatic heterocycles. The van der Waals surface area contributed by atoms with Crippen LogP contribution in [0.2, 0.25) is 0 Å². The molecule has 1 aliphatic rings. The van der Waals surface area contributed by atoms with Crippen LogP contribution < -0.4 is 5.32 Å². The summed E-state index contributed by atoms with van der Waals surface area (Å²) in [7, 11) is 2.14. The van der Waals surface area contributed by atoms with E-state index in [-0.39, 0.29) is 0 Å². The van der Waals surface area contributed by atoms with Crippen molar-refractivity contribution in [2.75, 3.05) is 18.6 Å². The van der Waals surface area contributed by atoms with Crippen LogP contribution in [-0.4, -0.2) is 24.6 Å². The van der Waals surface area contributed by atoms with Crippen LogP contribution in [0.1, 0.15) is 52.4 Å². The molecular formula is C14H29NS. The molecule has 2 heteroatoms. The van der Waals surface area contributed by atoms with Gasteiger partial charge in [-0.05, 0) is 37.5 Å². The molecule has 1 N–H and O–H groups in total. The van der Waals surface area contributed by atoms with Crippen LogP contribution in [0.4, 0.5) is 0 Å². The number of hydrogen-bond donors (Lipinski definition) is 1. The summed E-state index contributed by atoms with van der Waals surface area (Å²) in [5.74, 6) is 4.48. The monoisotopic (exact) mass is 243 g/mol. The number of nitrogens with one attached hydrogen (secondary N) is 1. The normalized spacial score (nSPS) is 21.9. The molecule has 0 heterocycles. The molecule has 1 fully saturated rings. The van der Waals surface area contributed by atoms with Crippen molar-refractivity contribution in [3.8, 4) is 0 Å². The van der Waals surface area contributed by atoms with E-state index in [0.717, 1.165) is 17.9 Å². The molecule has 1 aliphatic carbocycles. The topological polar surface area (TPSA) is 12.0 Å². The molecule has 0 aromatic rings. The van der Waals surface area contributed by atoms with Crippen molar-refractivity contribution >= 4 is 11.8 Å². The summed E-state index contributed by atoms with van der Waals surface area (Å²) in [5, 5.41) is 3.54. The molecule has 0 amide bonds. The first-order valence-electron chi connectivity index (χ1n) is 7.03. The molecule has 2 atom stereocenters. The van der Waals surface area contributed by atoms with Crippen LogP contribution in [0.5, 0.6) is 0 Å². The van der Waals surface area contributed by atoms with Gasteiger partial charge in [0.15, 0.2) is 0 Å². The lowest BCUT2D eigenvalue weighted by atomic mass is 9.84. The molecule has 0 saturated heterocycles. The first-order chi connectivity index (χ1) is 7.77. The van der Waals surface area contributed by atoms with Crippen molar-refractivity contribution in [1.82, 2.24) is 5.32 Å². The smallest absolute Gasteiger partial charge is 0.0183 e. The van der Waals surface area contributed by atoms with Crippen LogP contribution in [0, 0.1) is 11.8 Å². The van der Waals surface area contributed by atoms with Gasteiger partial charge in [0.25, 0.3) is 0 Å². The average Bonchev–Trinajstić information content (AvgIpc) is 2.35. The minimum atomic E-state index is 0.759. The van der Waals surface area contributed by atoms with E-state index in [1.54, 1.807) is 0 Å². The second-order valence-corrected chi connectivity index (χ2v) is 6.42. The van der Waals surface area contributed by atoms with Gasteiger partial charge in [0, 0.05) is 11.8 Å². The summed E-state index contributed by atoms with van der Waals surface area (Å²) in [5.41, 5.74) is 0. The minimum absolute atomic E-state index is 0.759. The zero-order valence-corrected chi connectivity index (χ0v) is 12.1. The van der Waals surface area contributed by atoms with Gasteiger partial charge in [0.1, 0.15) is 0 Å². The van der Waals surface area contributed by atoms with E-state index in [1.165, 1.54) is 50.0 Å². The van der Waals surface area contributed by atoms with Crippen molar-refractivity contribution in [3.63, 3.8) is 0 Å². The second-order valence-electron chi connectivity index (χ2n) is 5.34. The third-order valence-electron chi connectivity index (χ3n) is 3.99. The lowest BCUT2D eigenvalue weighted by Gasteiger charge is -2.30. The first kappa shape index (κ1) is 14.4. The van der Waals surface area contributed by atoms with Gasteiger partial charge in [0.05, 0.1) is 0 Å². The zero-order chi connectivity index (χ0) is 11.8. The van der Waals surface area contributed by atoms with Crippen LogP contribution in [0.15, 0.2) is 0 Å². The summed E-state index contributed by atoms with van der Waals surface area (Å²) in [4.78, 5) is 0. The van der Waals surface area contributed by atoms with Gasteiger partial charge in [-0.15, -0.1) is 0 Å². The Kier molecular flexibility index (Phi) is 7.55. The Morgan fingerprint density at radius 1 is 1.19 bits per heavy atom. The zero-order valence-electron chi connectivity index (χ0n) is 11.3. The Balaban J connectivity index is 2.19. The lowest BCUT2D eigenvalue weighted by molar-refractivity contribution is 0.294. The maximum atomic E-state index is 3.54. The summed E-state index contributed by atoms with van der Waals surface area (Å²) >= 11 is 2.15. The molecule has 0 aromatic carbocycles. The summed E-state index contributed by atoms with van der Waals surface area (Å²) in [6.45, 7) is 4.66. The predicted octanol–water partition coefficient (Wildman–Crippen LogP) is 3.93. The fourth-order valence-electron chi connectivity index (χ4n) is 2.51. The standard InChI is InChI=1S/C14H29NS/c1-4-12(2)10-16-11-14(15-3)13-8-6-5-7-9-13/h12-15H,4-11H2,1-3H3. The SMILES string of the molecule is CCC(C)CSCC(NC)C1CCCCC1. The van der Waals surface area contributed by atoms with Gasteiger partial charge in [0.2, 0.25) is 0 Å².